The van der Waals surface area contributed by atoms with Crippen molar-refractivity contribution in [1.29, 1.82) is 0 Å². The summed E-state index contributed by atoms with van der Waals surface area (Å²) in [6.45, 7) is 1.23. The van der Waals surface area contributed by atoms with Crippen LogP contribution in [-0.4, -0.2) is 18.3 Å². The molecule has 1 atom stereocenters. The second-order valence-corrected chi connectivity index (χ2v) is 4.09. The van der Waals surface area contributed by atoms with Crippen LogP contribution in [0.5, 0.6) is 0 Å². The van der Waals surface area contributed by atoms with Crippen molar-refractivity contribution in [2.75, 3.05) is 18.5 Å². The average molecular weight is 212 g/mol. The Balaban J connectivity index is 2.30. The number of hydrogen-bond donors (Lipinski definition) is 2. The SMILES string of the molecule is OCCC1CCNc2cc(Cl)ccc21. The van der Waals surface area contributed by atoms with Gasteiger partial charge in [0.05, 0.1) is 0 Å². The van der Waals surface area contributed by atoms with E-state index in [4.69, 9.17) is 16.7 Å². The highest BCUT2D eigenvalue weighted by atomic mass is 35.5. The van der Waals surface area contributed by atoms with Gasteiger partial charge < -0.3 is 10.4 Å². The van der Waals surface area contributed by atoms with Crippen LogP contribution >= 0.6 is 11.6 Å². The molecule has 3 heteroatoms. The van der Waals surface area contributed by atoms with Crippen LogP contribution in [0.3, 0.4) is 0 Å². The van der Waals surface area contributed by atoms with E-state index in [2.05, 4.69) is 11.4 Å². The van der Waals surface area contributed by atoms with Crippen molar-refractivity contribution in [2.24, 2.45) is 0 Å². The molecule has 2 N–H and O–H groups in total. The fraction of sp³-hybridized carbons (Fsp3) is 0.455. The molecule has 76 valence electrons. The third-order valence-corrected chi connectivity index (χ3v) is 2.98. The van der Waals surface area contributed by atoms with E-state index in [1.165, 1.54) is 5.56 Å². The summed E-state index contributed by atoms with van der Waals surface area (Å²) in [7, 11) is 0. The smallest absolute Gasteiger partial charge is 0.0436 e. The second-order valence-electron chi connectivity index (χ2n) is 3.66. The fourth-order valence-electron chi connectivity index (χ4n) is 2.03. The molecule has 1 aromatic rings. The highest BCUT2D eigenvalue weighted by Gasteiger charge is 2.19. The predicted molar refractivity (Wildman–Crippen MR) is 59.0 cm³/mol. The number of aliphatic hydroxyl groups is 1. The third-order valence-electron chi connectivity index (χ3n) is 2.74. The van der Waals surface area contributed by atoms with Crippen LogP contribution in [0, 0.1) is 0 Å². The first-order chi connectivity index (χ1) is 6.81. The lowest BCUT2D eigenvalue weighted by molar-refractivity contribution is 0.273. The maximum Gasteiger partial charge on any atom is 0.0436 e. The molecule has 14 heavy (non-hydrogen) atoms. The van der Waals surface area contributed by atoms with Crippen LogP contribution in [0.25, 0.3) is 0 Å². The quantitative estimate of drug-likeness (QED) is 0.788. The molecule has 1 aliphatic heterocycles. The minimum absolute atomic E-state index is 0.257. The van der Waals surface area contributed by atoms with Gasteiger partial charge >= 0.3 is 0 Å². The van der Waals surface area contributed by atoms with Gasteiger partial charge in [-0.15, -0.1) is 0 Å². The summed E-state index contributed by atoms with van der Waals surface area (Å²) in [5.41, 5.74) is 2.41. The Morgan fingerprint density at radius 2 is 2.36 bits per heavy atom. The highest BCUT2D eigenvalue weighted by molar-refractivity contribution is 6.30. The van der Waals surface area contributed by atoms with Gasteiger partial charge in [0.2, 0.25) is 0 Å². The first kappa shape index (κ1) is 9.81. The average Bonchev–Trinajstić information content (AvgIpc) is 2.18. The largest absolute Gasteiger partial charge is 0.396 e. The van der Waals surface area contributed by atoms with Gasteiger partial charge in [-0.3, -0.25) is 0 Å². The van der Waals surface area contributed by atoms with Gasteiger partial charge in [-0.05, 0) is 36.5 Å². The molecule has 0 saturated heterocycles. The number of benzene rings is 1. The van der Waals surface area contributed by atoms with Gasteiger partial charge in [-0.1, -0.05) is 17.7 Å². The molecule has 2 nitrogen and oxygen atoms in total. The van der Waals surface area contributed by atoms with E-state index in [0.29, 0.717) is 5.92 Å². The fourth-order valence-corrected chi connectivity index (χ4v) is 2.20. The number of halogens is 1. The summed E-state index contributed by atoms with van der Waals surface area (Å²) < 4.78 is 0. The minimum Gasteiger partial charge on any atom is -0.396 e. The van der Waals surface area contributed by atoms with Crippen molar-refractivity contribution in [2.45, 2.75) is 18.8 Å². The molecule has 1 heterocycles. The Labute approximate surface area is 88.9 Å². The summed E-state index contributed by atoms with van der Waals surface area (Å²) in [4.78, 5) is 0. The number of hydrogen-bond acceptors (Lipinski definition) is 2. The second kappa shape index (κ2) is 4.20. The van der Waals surface area contributed by atoms with E-state index in [9.17, 15) is 0 Å². The molecule has 0 spiro atoms. The van der Waals surface area contributed by atoms with Crippen molar-refractivity contribution in [3.05, 3.63) is 28.8 Å². The van der Waals surface area contributed by atoms with Crippen molar-refractivity contribution < 1.29 is 5.11 Å². The van der Waals surface area contributed by atoms with E-state index in [-0.39, 0.29) is 6.61 Å². The third kappa shape index (κ3) is 1.86. The molecule has 1 aromatic carbocycles. The predicted octanol–water partition coefficient (Wildman–Crippen LogP) is 2.62. The monoisotopic (exact) mass is 211 g/mol. The van der Waals surface area contributed by atoms with Crippen molar-refractivity contribution >= 4 is 17.3 Å². The summed E-state index contributed by atoms with van der Waals surface area (Å²) in [6.07, 6.45) is 1.94. The molecular weight excluding hydrogens is 198 g/mol. The van der Waals surface area contributed by atoms with E-state index in [1.54, 1.807) is 0 Å². The maximum absolute atomic E-state index is 8.95. The number of aliphatic hydroxyl groups excluding tert-OH is 1. The zero-order valence-corrected chi connectivity index (χ0v) is 8.72. The van der Waals surface area contributed by atoms with Gasteiger partial charge in [0.25, 0.3) is 0 Å². The molecule has 0 radical (unpaired) electrons. The minimum atomic E-state index is 0.257. The van der Waals surface area contributed by atoms with E-state index in [0.717, 1.165) is 30.1 Å². The molecular formula is C11H14ClNO. The van der Waals surface area contributed by atoms with E-state index < -0.39 is 0 Å². The summed E-state index contributed by atoms with van der Waals surface area (Å²) >= 11 is 5.91. The van der Waals surface area contributed by atoms with Crippen molar-refractivity contribution in [3.63, 3.8) is 0 Å². The van der Waals surface area contributed by atoms with Crippen molar-refractivity contribution in [1.82, 2.24) is 0 Å². The van der Waals surface area contributed by atoms with Crippen LogP contribution in [0.15, 0.2) is 18.2 Å². The molecule has 0 amide bonds. The Morgan fingerprint density at radius 1 is 1.50 bits per heavy atom. The molecule has 1 unspecified atom stereocenters. The zero-order chi connectivity index (χ0) is 9.97. The lowest BCUT2D eigenvalue weighted by atomic mass is 9.89. The first-order valence-electron chi connectivity index (χ1n) is 4.95. The van der Waals surface area contributed by atoms with Gasteiger partial charge in [0.15, 0.2) is 0 Å². The van der Waals surface area contributed by atoms with Crippen molar-refractivity contribution in [3.8, 4) is 0 Å². The Morgan fingerprint density at radius 3 is 3.14 bits per heavy atom. The van der Waals surface area contributed by atoms with Crippen LogP contribution in [0.2, 0.25) is 5.02 Å². The summed E-state index contributed by atoms with van der Waals surface area (Å²) in [5.74, 6) is 0.480. The normalized spacial score (nSPS) is 20.0. The lowest BCUT2D eigenvalue weighted by Gasteiger charge is -2.26. The van der Waals surface area contributed by atoms with Crippen LogP contribution < -0.4 is 5.32 Å². The zero-order valence-electron chi connectivity index (χ0n) is 7.96. The molecule has 0 fully saturated rings. The lowest BCUT2D eigenvalue weighted by Crippen LogP contribution is -2.17. The van der Waals surface area contributed by atoms with E-state index >= 15 is 0 Å². The van der Waals surface area contributed by atoms with Gasteiger partial charge in [-0.2, -0.15) is 0 Å². The molecule has 0 bridgehead atoms. The Kier molecular flexibility index (Phi) is 2.94. The maximum atomic E-state index is 8.95. The summed E-state index contributed by atoms with van der Waals surface area (Å²) in [6, 6.07) is 5.93. The molecule has 1 aliphatic rings. The Hall–Kier alpha value is -0.730. The number of rotatable bonds is 2. The first-order valence-corrected chi connectivity index (χ1v) is 5.33. The molecule has 0 saturated carbocycles. The topological polar surface area (TPSA) is 32.3 Å². The van der Waals surface area contributed by atoms with Crippen LogP contribution in [0.4, 0.5) is 5.69 Å². The standard InChI is InChI=1S/C11H14ClNO/c12-9-1-2-10-8(4-6-14)3-5-13-11(10)7-9/h1-2,7-8,13-14H,3-6H2. The Bertz CT molecular complexity index is 327. The highest BCUT2D eigenvalue weighted by Crippen LogP contribution is 2.35. The molecule has 0 aromatic heterocycles. The molecule has 0 aliphatic carbocycles. The van der Waals surface area contributed by atoms with Crippen LogP contribution in [-0.2, 0) is 0 Å². The van der Waals surface area contributed by atoms with Gasteiger partial charge in [0.1, 0.15) is 0 Å². The molecule has 2 rings (SSSR count). The number of fused-ring (bicyclic) bond motifs is 1. The summed E-state index contributed by atoms with van der Waals surface area (Å²) in [5, 5.41) is 13.0. The van der Waals surface area contributed by atoms with Gasteiger partial charge in [-0.25, -0.2) is 0 Å². The van der Waals surface area contributed by atoms with E-state index in [1.807, 2.05) is 12.1 Å². The number of nitrogens with one attached hydrogen (secondary N) is 1. The number of anilines is 1. The van der Waals surface area contributed by atoms with Gasteiger partial charge in [0, 0.05) is 23.9 Å². The van der Waals surface area contributed by atoms with Crippen LogP contribution in [0.1, 0.15) is 24.3 Å².